The third-order valence-corrected chi connectivity index (χ3v) is 2.75. The molecule has 0 fully saturated rings. The molecule has 2 rings (SSSR count). The Morgan fingerprint density at radius 1 is 1.32 bits per heavy atom. The largest absolute Gasteiger partial charge is 0.462 e. The van der Waals surface area contributed by atoms with Crippen LogP contribution in [-0.4, -0.2) is 22.5 Å². The second-order valence-electron chi connectivity index (χ2n) is 4.28. The molecule has 0 radical (unpaired) electrons. The monoisotopic (exact) mass is 256 g/mol. The first-order valence-electron chi connectivity index (χ1n) is 6.19. The van der Waals surface area contributed by atoms with E-state index in [1.54, 1.807) is 13.8 Å². The van der Waals surface area contributed by atoms with Gasteiger partial charge in [-0.15, -0.1) is 0 Å². The van der Waals surface area contributed by atoms with Gasteiger partial charge in [0.15, 0.2) is 5.82 Å². The average molecular weight is 256 g/mol. The van der Waals surface area contributed by atoms with Crippen molar-refractivity contribution in [1.29, 1.82) is 0 Å². The van der Waals surface area contributed by atoms with Gasteiger partial charge in [0, 0.05) is 11.8 Å². The Morgan fingerprint density at radius 2 is 2.11 bits per heavy atom. The molecule has 4 nitrogen and oxygen atoms in total. The molecule has 0 bridgehead atoms. The molecule has 4 heteroatoms. The summed E-state index contributed by atoms with van der Waals surface area (Å²) in [7, 11) is 0. The molecule has 0 unspecified atom stereocenters. The summed E-state index contributed by atoms with van der Waals surface area (Å²) in [6, 6.07) is 7.94. The normalized spacial score (nSPS) is 10.3. The second-order valence-corrected chi connectivity index (χ2v) is 4.28. The molecule has 0 amide bonds. The Morgan fingerprint density at radius 3 is 2.74 bits per heavy atom. The Labute approximate surface area is 112 Å². The van der Waals surface area contributed by atoms with Crippen molar-refractivity contribution in [2.45, 2.75) is 20.8 Å². The minimum atomic E-state index is -0.379. The van der Waals surface area contributed by atoms with Gasteiger partial charge in [-0.25, -0.2) is 14.8 Å². The van der Waals surface area contributed by atoms with E-state index in [0.29, 0.717) is 23.7 Å². The molecule has 0 atom stereocenters. The molecule has 1 heterocycles. The van der Waals surface area contributed by atoms with Gasteiger partial charge < -0.3 is 4.74 Å². The molecule has 0 saturated heterocycles. The highest BCUT2D eigenvalue weighted by molar-refractivity contribution is 5.90. The van der Waals surface area contributed by atoms with E-state index in [0.717, 1.165) is 11.1 Å². The number of hydrogen-bond acceptors (Lipinski definition) is 4. The van der Waals surface area contributed by atoms with Gasteiger partial charge in [0.05, 0.1) is 17.9 Å². The summed E-state index contributed by atoms with van der Waals surface area (Å²) in [5.41, 5.74) is 3.13. The van der Waals surface area contributed by atoms with Crippen LogP contribution >= 0.6 is 0 Å². The van der Waals surface area contributed by atoms with Crippen molar-refractivity contribution >= 4 is 5.97 Å². The number of carbonyl (C=O) groups excluding carboxylic acids is 1. The van der Waals surface area contributed by atoms with Crippen LogP contribution in [0.15, 0.2) is 30.5 Å². The van der Waals surface area contributed by atoms with E-state index >= 15 is 0 Å². The fourth-order valence-electron chi connectivity index (χ4n) is 1.80. The van der Waals surface area contributed by atoms with Crippen molar-refractivity contribution in [1.82, 2.24) is 9.97 Å². The van der Waals surface area contributed by atoms with Crippen LogP contribution in [0.2, 0.25) is 0 Å². The zero-order chi connectivity index (χ0) is 13.8. The summed E-state index contributed by atoms with van der Waals surface area (Å²) in [5.74, 6) is 0.241. The molecule has 1 aromatic heterocycles. The lowest BCUT2D eigenvalue weighted by atomic mass is 10.1. The minimum Gasteiger partial charge on any atom is -0.462 e. The lowest BCUT2D eigenvalue weighted by Gasteiger charge is -2.07. The smallest absolute Gasteiger partial charge is 0.341 e. The van der Waals surface area contributed by atoms with Crippen LogP contribution in [0.1, 0.15) is 28.5 Å². The lowest BCUT2D eigenvalue weighted by Crippen LogP contribution is -2.09. The maximum Gasteiger partial charge on any atom is 0.341 e. The van der Waals surface area contributed by atoms with Gasteiger partial charge in [-0.1, -0.05) is 23.8 Å². The lowest BCUT2D eigenvalue weighted by molar-refractivity contribution is 0.0524. The summed E-state index contributed by atoms with van der Waals surface area (Å²) in [6.07, 6.45) is 1.53. The van der Waals surface area contributed by atoms with Crippen molar-refractivity contribution in [2.75, 3.05) is 6.61 Å². The van der Waals surface area contributed by atoms with Crippen molar-refractivity contribution in [3.05, 3.63) is 47.3 Å². The molecular formula is C15H16N2O2. The van der Waals surface area contributed by atoms with Crippen molar-refractivity contribution in [3.8, 4) is 11.4 Å². The van der Waals surface area contributed by atoms with Gasteiger partial charge in [-0.3, -0.25) is 0 Å². The van der Waals surface area contributed by atoms with Crippen molar-refractivity contribution in [3.63, 3.8) is 0 Å². The predicted molar refractivity (Wildman–Crippen MR) is 72.9 cm³/mol. The molecule has 98 valence electrons. The van der Waals surface area contributed by atoms with Crippen LogP contribution < -0.4 is 0 Å². The zero-order valence-corrected chi connectivity index (χ0v) is 11.3. The average Bonchev–Trinajstić information content (AvgIpc) is 2.38. The first-order chi connectivity index (χ1) is 9.11. The molecular weight excluding hydrogens is 240 g/mol. The number of ether oxygens (including phenoxy) is 1. The number of nitrogens with zero attached hydrogens (tertiary/aromatic N) is 2. The molecule has 0 aliphatic heterocycles. The van der Waals surface area contributed by atoms with Gasteiger partial charge in [-0.05, 0) is 26.8 Å². The van der Waals surface area contributed by atoms with E-state index in [1.165, 1.54) is 6.20 Å². The number of esters is 1. The molecule has 0 N–H and O–H groups in total. The Kier molecular flexibility index (Phi) is 3.90. The number of carbonyl (C=O) groups is 1. The summed E-state index contributed by atoms with van der Waals surface area (Å²) in [4.78, 5) is 20.3. The summed E-state index contributed by atoms with van der Waals surface area (Å²) in [6.45, 7) is 5.92. The molecule has 19 heavy (non-hydrogen) atoms. The van der Waals surface area contributed by atoms with Crippen molar-refractivity contribution < 1.29 is 9.53 Å². The Balaban J connectivity index is 2.36. The maximum atomic E-state index is 11.7. The van der Waals surface area contributed by atoms with Crippen LogP contribution in [0.4, 0.5) is 0 Å². The third-order valence-electron chi connectivity index (χ3n) is 2.75. The van der Waals surface area contributed by atoms with Gasteiger partial charge >= 0.3 is 5.97 Å². The maximum absolute atomic E-state index is 11.7. The van der Waals surface area contributed by atoms with E-state index in [-0.39, 0.29) is 5.97 Å². The predicted octanol–water partition coefficient (Wildman–Crippen LogP) is 2.94. The number of benzene rings is 1. The third kappa shape index (κ3) is 2.96. The molecule has 0 saturated carbocycles. The van der Waals surface area contributed by atoms with E-state index in [1.807, 2.05) is 31.2 Å². The first kappa shape index (κ1) is 13.2. The van der Waals surface area contributed by atoms with Crippen LogP contribution in [0.5, 0.6) is 0 Å². The molecule has 2 aromatic rings. The molecule has 0 aliphatic rings. The minimum absolute atomic E-state index is 0.345. The second kappa shape index (κ2) is 5.61. The zero-order valence-electron chi connectivity index (χ0n) is 11.3. The van der Waals surface area contributed by atoms with E-state index in [2.05, 4.69) is 9.97 Å². The number of aryl methyl sites for hydroxylation is 2. The highest BCUT2D eigenvalue weighted by atomic mass is 16.5. The fourth-order valence-corrected chi connectivity index (χ4v) is 1.80. The molecule has 0 aliphatic carbocycles. The van der Waals surface area contributed by atoms with E-state index in [9.17, 15) is 4.79 Å². The van der Waals surface area contributed by atoms with Crippen LogP contribution in [0, 0.1) is 13.8 Å². The number of aromatic nitrogens is 2. The molecule has 0 spiro atoms. The van der Waals surface area contributed by atoms with Gasteiger partial charge in [0.2, 0.25) is 0 Å². The standard InChI is InChI=1S/C15H16N2O2/c1-4-19-15(18)13-9-16-14(17-11(13)3)12-7-5-6-10(2)8-12/h5-9H,4H2,1-3H3. The van der Waals surface area contributed by atoms with Crippen LogP contribution in [0.25, 0.3) is 11.4 Å². The van der Waals surface area contributed by atoms with E-state index < -0.39 is 0 Å². The van der Waals surface area contributed by atoms with E-state index in [4.69, 9.17) is 4.74 Å². The summed E-state index contributed by atoms with van der Waals surface area (Å²) in [5, 5.41) is 0. The highest BCUT2D eigenvalue weighted by Crippen LogP contribution is 2.17. The number of hydrogen-bond donors (Lipinski definition) is 0. The van der Waals surface area contributed by atoms with Gasteiger partial charge in [0.25, 0.3) is 0 Å². The Bertz CT molecular complexity index is 609. The van der Waals surface area contributed by atoms with Gasteiger partial charge in [-0.2, -0.15) is 0 Å². The molecule has 1 aromatic carbocycles. The SMILES string of the molecule is CCOC(=O)c1cnc(-c2cccc(C)c2)nc1C. The number of rotatable bonds is 3. The highest BCUT2D eigenvalue weighted by Gasteiger charge is 2.13. The topological polar surface area (TPSA) is 52.1 Å². The first-order valence-corrected chi connectivity index (χ1v) is 6.19. The van der Waals surface area contributed by atoms with Gasteiger partial charge in [0.1, 0.15) is 0 Å². The summed E-state index contributed by atoms with van der Waals surface area (Å²) < 4.78 is 4.95. The fraction of sp³-hybridized carbons (Fsp3) is 0.267. The Hall–Kier alpha value is -2.23. The van der Waals surface area contributed by atoms with Crippen LogP contribution in [-0.2, 0) is 4.74 Å². The van der Waals surface area contributed by atoms with Crippen molar-refractivity contribution in [2.24, 2.45) is 0 Å². The summed E-state index contributed by atoms with van der Waals surface area (Å²) >= 11 is 0. The quantitative estimate of drug-likeness (QED) is 0.792. The van der Waals surface area contributed by atoms with Crippen LogP contribution in [0.3, 0.4) is 0 Å².